The highest BCUT2D eigenvalue weighted by Gasteiger charge is 2.18. The van der Waals surface area contributed by atoms with Crippen molar-refractivity contribution in [3.63, 3.8) is 0 Å². The highest BCUT2D eigenvalue weighted by atomic mass is 79.9. The van der Waals surface area contributed by atoms with E-state index in [1.807, 2.05) is 12.3 Å². The summed E-state index contributed by atoms with van der Waals surface area (Å²) in [6, 6.07) is 5.18. The second-order valence-corrected chi connectivity index (χ2v) is 5.73. The minimum atomic E-state index is -0.152. The highest BCUT2D eigenvalue weighted by Crippen LogP contribution is 2.25. The number of aromatic nitrogens is 1. The second-order valence-electron chi connectivity index (χ2n) is 4.01. The summed E-state index contributed by atoms with van der Waals surface area (Å²) < 4.78 is 0.626. The van der Waals surface area contributed by atoms with Crippen LogP contribution in [0.4, 0.5) is 5.69 Å². The fourth-order valence-electron chi connectivity index (χ4n) is 1.71. The average molecular weight is 340 g/mol. The van der Waals surface area contributed by atoms with Crippen LogP contribution in [0.2, 0.25) is 0 Å². The summed E-state index contributed by atoms with van der Waals surface area (Å²) >= 11 is 4.88. The number of halogens is 1. The molecule has 1 unspecified atom stereocenters. The van der Waals surface area contributed by atoms with Crippen molar-refractivity contribution in [1.82, 2.24) is 10.3 Å². The van der Waals surface area contributed by atoms with E-state index in [0.29, 0.717) is 15.7 Å². The van der Waals surface area contributed by atoms with E-state index >= 15 is 0 Å². The first-order chi connectivity index (χ1) is 9.13. The zero-order chi connectivity index (χ0) is 13.8. The fraction of sp³-hybridized carbons (Fsp3) is 0.231. The van der Waals surface area contributed by atoms with Gasteiger partial charge >= 0.3 is 0 Å². The lowest BCUT2D eigenvalue weighted by Gasteiger charge is -2.15. The van der Waals surface area contributed by atoms with Crippen molar-refractivity contribution < 1.29 is 4.79 Å². The summed E-state index contributed by atoms with van der Waals surface area (Å²) in [5, 5.41) is 5.79. The maximum absolute atomic E-state index is 12.3. The molecule has 2 rings (SSSR count). The van der Waals surface area contributed by atoms with Gasteiger partial charge in [0, 0.05) is 17.3 Å². The number of anilines is 1. The van der Waals surface area contributed by atoms with E-state index in [9.17, 15) is 4.79 Å². The van der Waals surface area contributed by atoms with Crippen LogP contribution in [0, 0.1) is 0 Å². The summed E-state index contributed by atoms with van der Waals surface area (Å²) in [6.45, 7) is 2.01. The number of benzene rings is 1. The standard InChI is InChI=1S/C13H14BrN3OS/c1-2-10(13-16-6-7-19-13)17-12(18)8-4-3-5-9(15)11(8)14/h3-7,10H,2,15H2,1H3,(H,17,18). The van der Waals surface area contributed by atoms with E-state index in [0.717, 1.165) is 11.4 Å². The molecule has 1 heterocycles. The number of amides is 1. The number of nitrogens with zero attached hydrogens (tertiary/aromatic N) is 1. The van der Waals surface area contributed by atoms with Crippen LogP contribution in [0.3, 0.4) is 0 Å². The molecule has 0 bridgehead atoms. The molecule has 0 fully saturated rings. The molecule has 0 saturated heterocycles. The molecule has 0 spiro atoms. The van der Waals surface area contributed by atoms with Crippen molar-refractivity contribution in [3.05, 3.63) is 44.8 Å². The van der Waals surface area contributed by atoms with Gasteiger partial charge in [0.2, 0.25) is 0 Å². The second kappa shape index (κ2) is 6.16. The monoisotopic (exact) mass is 339 g/mol. The Morgan fingerprint density at radius 3 is 3.00 bits per heavy atom. The van der Waals surface area contributed by atoms with Crippen LogP contribution in [0.5, 0.6) is 0 Å². The van der Waals surface area contributed by atoms with Crippen LogP contribution >= 0.6 is 27.3 Å². The van der Waals surface area contributed by atoms with Gasteiger partial charge in [-0.15, -0.1) is 11.3 Å². The lowest BCUT2D eigenvalue weighted by atomic mass is 10.1. The first kappa shape index (κ1) is 14.0. The fourth-order valence-corrected chi connectivity index (χ4v) is 2.92. The van der Waals surface area contributed by atoms with Gasteiger partial charge in [-0.2, -0.15) is 0 Å². The van der Waals surface area contributed by atoms with Crippen molar-refractivity contribution >= 4 is 38.9 Å². The number of rotatable bonds is 4. The quantitative estimate of drug-likeness (QED) is 0.839. The third kappa shape index (κ3) is 3.13. The Kier molecular flexibility index (Phi) is 4.55. The van der Waals surface area contributed by atoms with Crippen LogP contribution in [-0.4, -0.2) is 10.9 Å². The van der Waals surface area contributed by atoms with Crippen LogP contribution in [0.1, 0.15) is 34.8 Å². The normalized spacial score (nSPS) is 12.1. The lowest BCUT2D eigenvalue weighted by molar-refractivity contribution is 0.0935. The van der Waals surface area contributed by atoms with Gasteiger partial charge < -0.3 is 11.1 Å². The molecule has 3 N–H and O–H groups in total. The number of nitrogen functional groups attached to an aromatic ring is 1. The summed E-state index contributed by atoms with van der Waals surface area (Å²) in [4.78, 5) is 16.5. The Bertz CT molecular complexity index is 571. The van der Waals surface area contributed by atoms with E-state index in [1.54, 1.807) is 24.4 Å². The third-order valence-corrected chi connectivity index (χ3v) is 4.51. The van der Waals surface area contributed by atoms with Gasteiger partial charge in [-0.3, -0.25) is 4.79 Å². The number of nitrogens with one attached hydrogen (secondary N) is 1. The Hall–Kier alpha value is -1.40. The number of thiazole rings is 1. The molecular formula is C13H14BrN3OS. The zero-order valence-corrected chi connectivity index (χ0v) is 12.8. The SMILES string of the molecule is CCC(NC(=O)c1cccc(N)c1Br)c1nccs1. The van der Waals surface area contributed by atoms with Gasteiger partial charge in [-0.25, -0.2) is 4.98 Å². The first-order valence-corrected chi connectivity index (χ1v) is 7.55. The Balaban J connectivity index is 2.18. The Morgan fingerprint density at radius 2 is 2.37 bits per heavy atom. The molecule has 1 aromatic carbocycles. The third-order valence-electron chi connectivity index (χ3n) is 2.74. The van der Waals surface area contributed by atoms with Crippen LogP contribution in [0.15, 0.2) is 34.2 Å². The number of carbonyl (C=O) groups is 1. The van der Waals surface area contributed by atoms with Crippen LogP contribution in [0.25, 0.3) is 0 Å². The highest BCUT2D eigenvalue weighted by molar-refractivity contribution is 9.10. The summed E-state index contributed by atoms with van der Waals surface area (Å²) in [5.74, 6) is -0.152. The topological polar surface area (TPSA) is 68.0 Å². The molecule has 0 radical (unpaired) electrons. The maximum atomic E-state index is 12.3. The molecule has 2 aromatic rings. The van der Waals surface area contributed by atoms with Gasteiger partial charge in [0.25, 0.3) is 5.91 Å². The van der Waals surface area contributed by atoms with Crippen LogP contribution < -0.4 is 11.1 Å². The van der Waals surface area contributed by atoms with E-state index < -0.39 is 0 Å². The van der Waals surface area contributed by atoms with Crippen molar-refractivity contribution in [2.45, 2.75) is 19.4 Å². The van der Waals surface area contributed by atoms with Crippen LogP contribution in [-0.2, 0) is 0 Å². The minimum Gasteiger partial charge on any atom is -0.398 e. The molecule has 6 heteroatoms. The van der Waals surface area contributed by atoms with E-state index in [1.165, 1.54) is 11.3 Å². The lowest BCUT2D eigenvalue weighted by Crippen LogP contribution is -2.28. The Morgan fingerprint density at radius 1 is 1.58 bits per heavy atom. The van der Waals surface area contributed by atoms with Crippen molar-refractivity contribution in [2.24, 2.45) is 0 Å². The molecule has 1 atom stereocenters. The molecule has 1 amide bonds. The van der Waals surface area contributed by atoms with E-state index in [-0.39, 0.29) is 11.9 Å². The number of hydrogen-bond acceptors (Lipinski definition) is 4. The molecule has 1 aromatic heterocycles. The van der Waals surface area contributed by atoms with E-state index in [2.05, 4.69) is 26.2 Å². The number of nitrogens with two attached hydrogens (primary N) is 1. The van der Waals surface area contributed by atoms with Gasteiger partial charge in [0.05, 0.1) is 16.1 Å². The summed E-state index contributed by atoms with van der Waals surface area (Å²) in [5.41, 5.74) is 6.87. The van der Waals surface area contributed by atoms with E-state index in [4.69, 9.17) is 5.73 Å². The minimum absolute atomic E-state index is 0.0687. The molecular weight excluding hydrogens is 326 g/mol. The molecule has 0 saturated carbocycles. The predicted octanol–water partition coefficient (Wildman–Crippen LogP) is 3.37. The predicted molar refractivity (Wildman–Crippen MR) is 81.2 cm³/mol. The van der Waals surface area contributed by atoms with Crippen molar-refractivity contribution in [1.29, 1.82) is 0 Å². The van der Waals surface area contributed by atoms with Gasteiger partial charge in [-0.1, -0.05) is 13.0 Å². The van der Waals surface area contributed by atoms with Gasteiger partial charge in [0.1, 0.15) is 5.01 Å². The first-order valence-electron chi connectivity index (χ1n) is 5.87. The van der Waals surface area contributed by atoms with Gasteiger partial charge in [0.15, 0.2) is 0 Å². The molecule has 19 heavy (non-hydrogen) atoms. The molecule has 4 nitrogen and oxygen atoms in total. The summed E-state index contributed by atoms with van der Waals surface area (Å²) in [7, 11) is 0. The number of carbonyl (C=O) groups excluding carboxylic acids is 1. The average Bonchev–Trinajstić information content (AvgIpc) is 2.92. The Labute approximate surface area is 124 Å². The zero-order valence-electron chi connectivity index (χ0n) is 10.4. The molecule has 100 valence electrons. The van der Waals surface area contributed by atoms with Gasteiger partial charge in [-0.05, 0) is 34.5 Å². The maximum Gasteiger partial charge on any atom is 0.253 e. The smallest absolute Gasteiger partial charge is 0.253 e. The molecule has 0 aliphatic heterocycles. The van der Waals surface area contributed by atoms with Crippen molar-refractivity contribution in [2.75, 3.05) is 5.73 Å². The van der Waals surface area contributed by atoms with Crippen molar-refractivity contribution in [3.8, 4) is 0 Å². The largest absolute Gasteiger partial charge is 0.398 e. The number of hydrogen-bond donors (Lipinski definition) is 2. The molecule has 0 aliphatic rings. The molecule has 0 aliphatic carbocycles. The summed E-state index contributed by atoms with van der Waals surface area (Å²) in [6.07, 6.45) is 2.53.